The van der Waals surface area contributed by atoms with Crippen molar-refractivity contribution < 1.29 is 32.0 Å². The molecular formula is C20H39Cl2NaO7SSn. The fourth-order valence-corrected chi connectivity index (χ4v) is 3.48. The maximum absolute atomic E-state index is 12.2. The van der Waals surface area contributed by atoms with Crippen molar-refractivity contribution >= 4 is 88.3 Å². The van der Waals surface area contributed by atoms with Crippen molar-refractivity contribution in [1.29, 1.82) is 0 Å². The van der Waals surface area contributed by atoms with Gasteiger partial charge in [0.2, 0.25) is 0 Å². The first-order valence-electron chi connectivity index (χ1n) is 10.9. The van der Waals surface area contributed by atoms with Gasteiger partial charge in [0, 0.05) is 0 Å². The summed E-state index contributed by atoms with van der Waals surface area (Å²) in [6, 6.07) is 0. The Hall–Kier alpha value is 1.23. The molecule has 3 atom stereocenters. The SMILES string of the molecule is CCCCC(CC)COC(=O)CC(C(=O)OCC(CC)CCCC)S(=O)(=O)O.[Cl][Sn][Cl].[NaH]. The molecule has 0 heterocycles. The number of hydrogen-bond donors (Lipinski definition) is 1. The summed E-state index contributed by atoms with van der Waals surface area (Å²) in [7, 11) is 5.10. The van der Waals surface area contributed by atoms with Crippen molar-refractivity contribution in [2.75, 3.05) is 13.2 Å². The Morgan fingerprint density at radius 1 is 0.906 bits per heavy atom. The van der Waals surface area contributed by atoms with Gasteiger partial charge in [-0.15, -0.1) is 0 Å². The first-order valence-corrected chi connectivity index (χ1v) is 19.6. The molecule has 0 spiro atoms. The molecule has 0 aliphatic heterocycles. The van der Waals surface area contributed by atoms with Crippen molar-refractivity contribution in [3.63, 3.8) is 0 Å². The van der Waals surface area contributed by atoms with Crippen LogP contribution in [0.3, 0.4) is 0 Å². The van der Waals surface area contributed by atoms with Crippen molar-refractivity contribution in [3.8, 4) is 0 Å². The Bertz CT molecular complexity index is 582. The molecule has 186 valence electrons. The van der Waals surface area contributed by atoms with Crippen LogP contribution in [-0.2, 0) is 29.2 Å². The van der Waals surface area contributed by atoms with Crippen molar-refractivity contribution in [2.24, 2.45) is 11.8 Å². The fourth-order valence-electron chi connectivity index (χ4n) is 2.82. The van der Waals surface area contributed by atoms with Crippen LogP contribution in [0.1, 0.15) is 85.5 Å². The van der Waals surface area contributed by atoms with Crippen LogP contribution in [0, 0.1) is 11.8 Å². The molecule has 0 aromatic heterocycles. The second-order valence-corrected chi connectivity index (χ2v) is 13.3. The third-order valence-electron chi connectivity index (χ3n) is 5.00. The average molecular weight is 636 g/mol. The zero-order valence-electron chi connectivity index (χ0n) is 19.1. The molecule has 3 unspecified atom stereocenters. The molecule has 0 aromatic rings. The van der Waals surface area contributed by atoms with Crippen LogP contribution in [0.2, 0.25) is 0 Å². The topological polar surface area (TPSA) is 107 Å². The van der Waals surface area contributed by atoms with Crippen LogP contribution in [-0.4, -0.2) is 91.8 Å². The Morgan fingerprint density at radius 2 is 1.31 bits per heavy atom. The van der Waals surface area contributed by atoms with Crippen LogP contribution in [0.4, 0.5) is 0 Å². The molecule has 0 fully saturated rings. The van der Waals surface area contributed by atoms with Crippen LogP contribution < -0.4 is 0 Å². The third kappa shape index (κ3) is 20.6. The van der Waals surface area contributed by atoms with E-state index >= 15 is 0 Å². The van der Waals surface area contributed by atoms with Gasteiger partial charge < -0.3 is 9.47 Å². The summed E-state index contributed by atoms with van der Waals surface area (Å²) < 4.78 is 42.8. The van der Waals surface area contributed by atoms with E-state index in [9.17, 15) is 22.6 Å². The Labute approximate surface area is 234 Å². The Kier molecular flexibility index (Phi) is 28.3. The molecule has 0 saturated heterocycles. The van der Waals surface area contributed by atoms with E-state index in [-0.39, 0.29) is 54.6 Å². The summed E-state index contributed by atoms with van der Waals surface area (Å²) in [6.07, 6.45) is 6.74. The molecule has 0 aromatic carbocycles. The predicted molar refractivity (Wildman–Crippen MR) is 133 cm³/mol. The van der Waals surface area contributed by atoms with Gasteiger partial charge in [0.05, 0.1) is 19.6 Å². The monoisotopic (exact) mass is 636 g/mol. The zero-order chi connectivity index (χ0) is 24.3. The van der Waals surface area contributed by atoms with Crippen molar-refractivity contribution in [2.45, 2.75) is 90.7 Å². The number of rotatable bonds is 16. The molecule has 0 aliphatic rings. The minimum atomic E-state index is -4.76. The zero-order valence-corrected chi connectivity index (χ0v) is 24.3. The third-order valence-corrected chi connectivity index (χ3v) is 6.08. The van der Waals surface area contributed by atoms with Gasteiger partial charge in [0.1, 0.15) is 0 Å². The van der Waals surface area contributed by atoms with Gasteiger partial charge in [-0.3, -0.25) is 14.1 Å². The van der Waals surface area contributed by atoms with Gasteiger partial charge in [-0.05, 0) is 24.7 Å². The van der Waals surface area contributed by atoms with Crippen molar-refractivity contribution in [1.82, 2.24) is 0 Å². The van der Waals surface area contributed by atoms with E-state index in [1.165, 1.54) is 0 Å². The first kappa shape index (κ1) is 37.8. The number of esters is 2. The molecule has 2 radical (unpaired) electrons. The molecule has 0 aliphatic carbocycles. The summed E-state index contributed by atoms with van der Waals surface area (Å²) in [5, 5.41) is -1.95. The van der Waals surface area contributed by atoms with Gasteiger partial charge in [-0.25, -0.2) is 0 Å². The first-order chi connectivity index (χ1) is 14.6. The van der Waals surface area contributed by atoms with Gasteiger partial charge in [0.15, 0.2) is 5.25 Å². The molecule has 0 saturated carbocycles. The molecule has 0 rings (SSSR count). The van der Waals surface area contributed by atoms with Crippen molar-refractivity contribution in [3.05, 3.63) is 0 Å². The standard InChI is InChI=1S/C20H38O7S.2ClH.Na.Sn.H/c1-5-9-11-16(7-3)14-26-19(21)13-18(28(23,24)25)20(22)27-15-17(8-4)12-10-6-2;;;;;/h16-18H,5-15H2,1-4H3,(H,23,24,25);2*1H;;;/q;;;;+2;/p-2. The summed E-state index contributed by atoms with van der Waals surface area (Å²) in [6.45, 7) is 8.35. The fraction of sp³-hybridized carbons (Fsp3) is 0.900. The molecule has 1 N–H and O–H groups in total. The van der Waals surface area contributed by atoms with Gasteiger partial charge in [-0.2, -0.15) is 8.42 Å². The normalized spacial score (nSPS) is 13.6. The molecule has 0 amide bonds. The van der Waals surface area contributed by atoms with Crippen LogP contribution >= 0.6 is 17.8 Å². The number of unbranched alkanes of at least 4 members (excludes halogenated alkanes) is 2. The van der Waals surface area contributed by atoms with Crippen LogP contribution in [0.25, 0.3) is 0 Å². The van der Waals surface area contributed by atoms with E-state index in [2.05, 4.69) is 13.8 Å². The number of halogens is 2. The minimum absolute atomic E-state index is 0. The molecule has 12 heteroatoms. The number of carbonyl (C=O) groups excluding carboxylic acids is 2. The summed E-state index contributed by atoms with van der Waals surface area (Å²) >= 11 is -0.826. The van der Waals surface area contributed by atoms with E-state index in [0.717, 1.165) is 51.4 Å². The molecule has 0 bridgehead atoms. The van der Waals surface area contributed by atoms with Crippen LogP contribution in [0.15, 0.2) is 0 Å². The van der Waals surface area contributed by atoms with E-state index < -0.39 is 52.6 Å². The molecule has 32 heavy (non-hydrogen) atoms. The van der Waals surface area contributed by atoms with E-state index in [1.54, 1.807) is 0 Å². The molecular weight excluding hydrogens is 597 g/mol. The number of ether oxygens (including phenoxy) is 2. The second kappa shape index (κ2) is 23.9. The number of carbonyl (C=O) groups is 2. The van der Waals surface area contributed by atoms with E-state index in [0.29, 0.717) is 0 Å². The Balaban J connectivity index is -0.00000198. The summed E-state index contributed by atoms with van der Waals surface area (Å²) in [4.78, 5) is 24.2. The summed E-state index contributed by atoms with van der Waals surface area (Å²) in [5.41, 5.74) is 0. The quantitative estimate of drug-likeness (QED) is 0.151. The van der Waals surface area contributed by atoms with Crippen LogP contribution in [0.5, 0.6) is 0 Å². The van der Waals surface area contributed by atoms with Gasteiger partial charge >= 0.3 is 78.2 Å². The Morgan fingerprint density at radius 3 is 1.66 bits per heavy atom. The van der Waals surface area contributed by atoms with E-state index in [4.69, 9.17) is 27.3 Å². The maximum atomic E-state index is 12.2. The van der Waals surface area contributed by atoms with Gasteiger partial charge in [0.25, 0.3) is 10.1 Å². The molecule has 7 nitrogen and oxygen atoms in total. The number of hydrogen-bond acceptors (Lipinski definition) is 6. The predicted octanol–water partition coefficient (Wildman–Crippen LogP) is 4.50. The van der Waals surface area contributed by atoms with E-state index in [1.807, 2.05) is 13.8 Å². The average Bonchev–Trinajstić information content (AvgIpc) is 2.71. The summed E-state index contributed by atoms with van der Waals surface area (Å²) in [5.74, 6) is -1.61. The van der Waals surface area contributed by atoms with Gasteiger partial charge in [-0.1, -0.05) is 66.2 Å². The second-order valence-electron chi connectivity index (χ2n) is 7.43.